The largest absolute Gasteiger partial charge is 0.497 e. The van der Waals surface area contributed by atoms with Gasteiger partial charge in [0.1, 0.15) is 5.75 Å². The summed E-state index contributed by atoms with van der Waals surface area (Å²) in [5, 5.41) is 17.0. The molecule has 2 aromatic carbocycles. The zero-order chi connectivity index (χ0) is 24.9. The molecule has 1 aliphatic carbocycles. The number of hydrogen-bond donors (Lipinski definition) is 2. The first-order valence-electron chi connectivity index (χ1n) is 11.7. The number of methoxy groups -OCH3 is 1. The normalized spacial score (nSPS) is 17.6. The third-order valence-corrected chi connectivity index (χ3v) is 7.32. The number of ether oxygens (including phenoxy) is 1. The van der Waals surface area contributed by atoms with Crippen LogP contribution in [0.4, 0.5) is 5.69 Å². The zero-order valence-electron chi connectivity index (χ0n) is 20.2. The lowest BCUT2D eigenvalue weighted by Crippen LogP contribution is -2.31. The molecule has 0 saturated carbocycles. The van der Waals surface area contributed by atoms with Gasteiger partial charge in [-0.25, -0.2) is 0 Å². The molecule has 1 amide bonds. The molecule has 2 N–H and O–H groups in total. The zero-order valence-corrected chi connectivity index (χ0v) is 21.0. The topological polar surface area (TPSA) is 91.2 Å². The Morgan fingerprint density at radius 3 is 2.69 bits per heavy atom. The van der Waals surface area contributed by atoms with Gasteiger partial charge in [-0.3, -0.25) is 9.59 Å². The van der Waals surface area contributed by atoms with Crippen LogP contribution in [0.25, 0.3) is 0 Å². The molecule has 0 spiro atoms. The Kier molecular flexibility index (Phi) is 7.62. The summed E-state index contributed by atoms with van der Waals surface area (Å²) in [5.41, 5.74) is 4.82. The van der Waals surface area contributed by atoms with Gasteiger partial charge in [0.25, 0.3) is 0 Å². The maximum Gasteiger partial charge on any atom is 0.234 e. The van der Waals surface area contributed by atoms with E-state index < -0.39 is 5.92 Å². The van der Waals surface area contributed by atoms with Gasteiger partial charge >= 0.3 is 0 Å². The summed E-state index contributed by atoms with van der Waals surface area (Å²) >= 11 is 1.29. The lowest BCUT2D eigenvalue weighted by Gasteiger charge is -2.33. The van der Waals surface area contributed by atoms with Gasteiger partial charge in [0.05, 0.1) is 35.5 Å². The van der Waals surface area contributed by atoms with E-state index in [1.807, 2.05) is 24.3 Å². The van der Waals surface area contributed by atoms with Gasteiger partial charge in [-0.1, -0.05) is 55.9 Å². The van der Waals surface area contributed by atoms with Gasteiger partial charge < -0.3 is 15.4 Å². The molecule has 0 unspecified atom stereocenters. The second-order valence-electron chi connectivity index (χ2n) is 8.97. The fourth-order valence-electron chi connectivity index (χ4n) is 4.48. The number of carbonyl (C=O) groups is 2. The average molecular weight is 488 g/mol. The fourth-order valence-corrected chi connectivity index (χ4v) is 5.34. The number of allylic oxidation sites excluding steroid dienone is 3. The van der Waals surface area contributed by atoms with Gasteiger partial charge in [-0.05, 0) is 42.0 Å². The highest BCUT2D eigenvalue weighted by atomic mass is 32.2. The molecule has 6 nitrogen and oxygen atoms in total. The minimum Gasteiger partial charge on any atom is -0.497 e. The third kappa shape index (κ3) is 5.44. The Bertz CT molecular complexity index is 1240. The number of dihydropyridines is 1. The molecule has 0 radical (unpaired) electrons. The van der Waals surface area contributed by atoms with E-state index in [9.17, 15) is 14.9 Å². The van der Waals surface area contributed by atoms with Gasteiger partial charge in [0, 0.05) is 29.4 Å². The van der Waals surface area contributed by atoms with Crippen molar-refractivity contribution in [3.63, 3.8) is 0 Å². The molecule has 0 aromatic heterocycles. The van der Waals surface area contributed by atoms with Crippen molar-refractivity contribution in [3.8, 4) is 11.8 Å². The molecule has 1 aliphatic heterocycles. The summed E-state index contributed by atoms with van der Waals surface area (Å²) in [5.74, 6) is 0.654. The van der Waals surface area contributed by atoms with Crippen molar-refractivity contribution in [2.75, 3.05) is 18.2 Å². The van der Waals surface area contributed by atoms with E-state index in [0.29, 0.717) is 40.0 Å². The van der Waals surface area contributed by atoms with Gasteiger partial charge in [-0.2, -0.15) is 5.26 Å². The quantitative estimate of drug-likeness (QED) is 0.527. The number of Topliss-reactive ketones (excluding diaryl/α,β-unsaturated/α-hetero) is 1. The summed E-state index contributed by atoms with van der Waals surface area (Å²) in [4.78, 5) is 25.6. The summed E-state index contributed by atoms with van der Waals surface area (Å²) in [7, 11) is 1.58. The Labute approximate surface area is 210 Å². The molecule has 4 rings (SSSR count). The lowest BCUT2D eigenvalue weighted by molar-refractivity contribution is -0.116. The van der Waals surface area contributed by atoms with E-state index in [1.54, 1.807) is 19.2 Å². The van der Waals surface area contributed by atoms with Crippen LogP contribution in [0.15, 0.2) is 70.4 Å². The lowest BCUT2D eigenvalue weighted by atomic mass is 9.76. The molecule has 2 aliphatic rings. The van der Waals surface area contributed by atoms with Crippen LogP contribution in [0.1, 0.15) is 56.1 Å². The number of carbonyl (C=O) groups excluding carboxylic acids is 2. The number of thioether (sulfide) groups is 1. The van der Waals surface area contributed by atoms with Crippen LogP contribution >= 0.6 is 11.8 Å². The van der Waals surface area contributed by atoms with Crippen LogP contribution in [0.2, 0.25) is 0 Å². The Balaban J connectivity index is 1.60. The first-order chi connectivity index (χ1) is 16.9. The van der Waals surface area contributed by atoms with E-state index in [-0.39, 0.29) is 17.4 Å². The van der Waals surface area contributed by atoms with Crippen LogP contribution in [0.3, 0.4) is 0 Å². The van der Waals surface area contributed by atoms with Gasteiger partial charge in [0.2, 0.25) is 5.91 Å². The van der Waals surface area contributed by atoms with Crippen molar-refractivity contribution >= 4 is 29.1 Å². The van der Waals surface area contributed by atoms with Crippen molar-refractivity contribution < 1.29 is 14.3 Å². The minimum absolute atomic E-state index is 0.0873. The SMILES string of the molecule is COc1cccc(NC(=O)CSC2=C(C#N)[C@H](c3ccc(C(C)C)cc3)C3=C(CCCC3=O)N2)c1. The second kappa shape index (κ2) is 10.8. The van der Waals surface area contributed by atoms with Gasteiger partial charge in [-0.15, -0.1) is 0 Å². The minimum atomic E-state index is -0.422. The Morgan fingerprint density at radius 2 is 2.00 bits per heavy atom. The number of anilines is 1. The Morgan fingerprint density at radius 1 is 1.23 bits per heavy atom. The first-order valence-corrected chi connectivity index (χ1v) is 12.7. The number of rotatable bonds is 7. The summed E-state index contributed by atoms with van der Waals surface area (Å²) in [6.07, 6.45) is 2.02. The number of nitrogens with one attached hydrogen (secondary N) is 2. The number of benzene rings is 2. The Hall–Kier alpha value is -3.50. The molecule has 2 aromatic rings. The molecule has 0 bridgehead atoms. The number of ketones is 1. The van der Waals surface area contributed by atoms with Gasteiger partial charge in [0.15, 0.2) is 5.78 Å². The van der Waals surface area contributed by atoms with E-state index >= 15 is 0 Å². The highest BCUT2D eigenvalue weighted by Gasteiger charge is 2.37. The van der Waals surface area contributed by atoms with Crippen LogP contribution in [0, 0.1) is 11.3 Å². The smallest absolute Gasteiger partial charge is 0.234 e. The van der Waals surface area contributed by atoms with Crippen molar-refractivity contribution in [2.45, 2.75) is 44.9 Å². The first kappa shape index (κ1) is 24.6. The third-order valence-electron chi connectivity index (χ3n) is 6.30. The van der Waals surface area contributed by atoms with Crippen LogP contribution in [-0.4, -0.2) is 24.6 Å². The number of nitriles is 1. The monoisotopic (exact) mass is 487 g/mol. The van der Waals surface area contributed by atoms with E-state index in [1.165, 1.54) is 17.3 Å². The molecule has 7 heteroatoms. The van der Waals surface area contributed by atoms with Crippen molar-refractivity contribution in [1.82, 2.24) is 5.32 Å². The van der Waals surface area contributed by atoms with Crippen LogP contribution in [0.5, 0.6) is 5.75 Å². The predicted octanol–water partition coefficient (Wildman–Crippen LogP) is 5.62. The highest BCUT2D eigenvalue weighted by molar-refractivity contribution is 8.03. The second-order valence-corrected chi connectivity index (χ2v) is 9.96. The average Bonchev–Trinajstić information content (AvgIpc) is 2.87. The summed E-state index contributed by atoms with van der Waals surface area (Å²) < 4.78 is 5.21. The number of amides is 1. The number of nitrogens with zero attached hydrogens (tertiary/aromatic N) is 1. The summed E-state index contributed by atoms with van der Waals surface area (Å²) in [6.45, 7) is 4.27. The fraction of sp³-hybridized carbons (Fsp3) is 0.321. The van der Waals surface area contributed by atoms with Crippen molar-refractivity contribution in [2.24, 2.45) is 0 Å². The molecular formula is C28H29N3O3S. The molecule has 1 heterocycles. The standard InChI is InChI=1S/C28H29N3O3S/c1-17(2)18-10-12-19(13-11-18)26-22(15-29)28(31-23-8-5-9-24(32)27(23)26)35-16-25(33)30-20-6-4-7-21(14-20)34-3/h4,6-7,10-14,17,26,31H,5,8-9,16H2,1-3H3,(H,30,33)/t26-/m0/s1. The molecule has 0 saturated heterocycles. The van der Waals surface area contributed by atoms with Crippen LogP contribution < -0.4 is 15.4 Å². The van der Waals surface area contributed by atoms with E-state index in [4.69, 9.17) is 4.74 Å². The van der Waals surface area contributed by atoms with Crippen molar-refractivity contribution in [1.29, 1.82) is 5.26 Å². The van der Waals surface area contributed by atoms with E-state index in [0.717, 1.165) is 24.1 Å². The molecule has 1 atom stereocenters. The van der Waals surface area contributed by atoms with Crippen LogP contribution in [-0.2, 0) is 9.59 Å². The van der Waals surface area contributed by atoms with E-state index in [2.05, 4.69) is 42.7 Å². The maximum atomic E-state index is 13.0. The maximum absolute atomic E-state index is 13.0. The predicted molar refractivity (Wildman–Crippen MR) is 139 cm³/mol. The molecular weight excluding hydrogens is 458 g/mol. The summed E-state index contributed by atoms with van der Waals surface area (Å²) in [6, 6.07) is 17.7. The molecule has 35 heavy (non-hydrogen) atoms. The highest BCUT2D eigenvalue weighted by Crippen LogP contribution is 2.44. The van der Waals surface area contributed by atoms with Crippen molar-refractivity contribution in [3.05, 3.63) is 81.5 Å². The number of hydrogen-bond acceptors (Lipinski definition) is 6. The molecule has 180 valence electrons. The molecule has 0 fully saturated rings.